The normalized spacial score (nSPS) is 10.3. The maximum Gasteiger partial charge on any atom is 0.311 e. The van der Waals surface area contributed by atoms with Crippen molar-refractivity contribution >= 4 is 11.5 Å². The second-order valence-electron chi connectivity index (χ2n) is 4.64. The highest BCUT2D eigenvalue weighted by molar-refractivity contribution is 5.56. The molecule has 0 atom stereocenters. The molecule has 3 N–H and O–H groups in total. The summed E-state index contributed by atoms with van der Waals surface area (Å²) < 4.78 is 0. The highest BCUT2D eigenvalue weighted by Crippen LogP contribution is 2.25. The zero-order valence-electron chi connectivity index (χ0n) is 11.4. The van der Waals surface area contributed by atoms with E-state index in [1.807, 2.05) is 0 Å². The summed E-state index contributed by atoms with van der Waals surface area (Å²) in [6.45, 7) is 2.16. The molecule has 0 unspecified atom stereocenters. The van der Waals surface area contributed by atoms with Gasteiger partial charge in [-0.05, 0) is 36.6 Å². The van der Waals surface area contributed by atoms with Gasteiger partial charge in [-0.15, -0.1) is 0 Å². The lowest BCUT2D eigenvalue weighted by atomic mass is 10.1. The molecule has 21 heavy (non-hydrogen) atoms. The summed E-state index contributed by atoms with van der Waals surface area (Å²) in [6, 6.07) is 5.99. The van der Waals surface area contributed by atoms with Crippen molar-refractivity contribution in [1.82, 2.24) is 4.98 Å². The van der Waals surface area contributed by atoms with E-state index >= 15 is 0 Å². The number of nitro groups is 1. The molecule has 1 aromatic carbocycles. The van der Waals surface area contributed by atoms with Crippen molar-refractivity contribution in [2.45, 2.75) is 13.3 Å². The summed E-state index contributed by atoms with van der Waals surface area (Å²) in [7, 11) is 0. The Hall–Kier alpha value is -2.83. The summed E-state index contributed by atoms with van der Waals surface area (Å²) in [5.41, 5.74) is 1.45. The number of phenolic OH excluding ortho intramolecular Hbond substituents is 2. The van der Waals surface area contributed by atoms with Gasteiger partial charge in [0.15, 0.2) is 11.5 Å². The third-order valence-corrected chi connectivity index (χ3v) is 2.95. The first kappa shape index (κ1) is 14.6. The predicted molar refractivity (Wildman–Crippen MR) is 77.6 cm³/mol. The number of aromatic hydroxyl groups is 2. The molecule has 0 spiro atoms. The van der Waals surface area contributed by atoms with Gasteiger partial charge >= 0.3 is 5.69 Å². The van der Waals surface area contributed by atoms with Crippen LogP contribution in [0.15, 0.2) is 30.5 Å². The molecule has 2 rings (SSSR count). The van der Waals surface area contributed by atoms with Crippen LogP contribution in [0, 0.1) is 17.0 Å². The first-order chi connectivity index (χ1) is 9.97. The topological polar surface area (TPSA) is 109 Å². The van der Waals surface area contributed by atoms with Crippen LogP contribution in [0.2, 0.25) is 0 Å². The van der Waals surface area contributed by atoms with Crippen LogP contribution in [0.1, 0.15) is 11.1 Å². The number of phenols is 2. The minimum absolute atomic E-state index is 0.0662. The number of nitrogens with one attached hydrogen (secondary N) is 1. The smallest absolute Gasteiger partial charge is 0.311 e. The monoisotopic (exact) mass is 289 g/mol. The molecule has 7 heteroatoms. The highest BCUT2D eigenvalue weighted by atomic mass is 16.6. The SMILES string of the molecule is Cc1cnc(NCCc2ccc(O)c(O)c2)c([N+](=O)[O-])c1. The molecule has 2 aromatic rings. The maximum atomic E-state index is 11.0. The fraction of sp³-hybridized carbons (Fsp3) is 0.214. The van der Waals surface area contributed by atoms with Gasteiger partial charge in [0.05, 0.1) is 4.92 Å². The number of rotatable bonds is 5. The number of nitrogens with zero attached hydrogens (tertiary/aromatic N) is 2. The van der Waals surface area contributed by atoms with E-state index in [4.69, 9.17) is 0 Å². The van der Waals surface area contributed by atoms with Gasteiger partial charge in [0, 0.05) is 18.8 Å². The Morgan fingerprint density at radius 1 is 1.29 bits per heavy atom. The van der Waals surface area contributed by atoms with Gasteiger partial charge in [0.2, 0.25) is 5.82 Å². The maximum absolute atomic E-state index is 11.0. The Morgan fingerprint density at radius 2 is 2.05 bits per heavy atom. The molecular formula is C14H15N3O4. The Balaban J connectivity index is 2.03. The number of aryl methyl sites for hydroxylation is 1. The molecule has 0 fully saturated rings. The van der Waals surface area contributed by atoms with Crippen LogP contribution in [-0.2, 0) is 6.42 Å². The van der Waals surface area contributed by atoms with E-state index in [0.717, 1.165) is 11.1 Å². The van der Waals surface area contributed by atoms with Gasteiger partial charge in [-0.25, -0.2) is 4.98 Å². The molecule has 0 radical (unpaired) electrons. The summed E-state index contributed by atoms with van der Waals surface area (Å²) in [6.07, 6.45) is 2.09. The second kappa shape index (κ2) is 6.08. The highest BCUT2D eigenvalue weighted by Gasteiger charge is 2.14. The van der Waals surface area contributed by atoms with E-state index < -0.39 is 4.92 Å². The first-order valence-electron chi connectivity index (χ1n) is 6.33. The molecule has 1 aromatic heterocycles. The zero-order chi connectivity index (χ0) is 15.4. The molecule has 110 valence electrons. The van der Waals surface area contributed by atoms with Gasteiger partial charge in [-0.3, -0.25) is 10.1 Å². The number of aromatic nitrogens is 1. The largest absolute Gasteiger partial charge is 0.504 e. The van der Waals surface area contributed by atoms with Gasteiger partial charge < -0.3 is 15.5 Å². The lowest BCUT2D eigenvalue weighted by Gasteiger charge is -2.07. The van der Waals surface area contributed by atoms with E-state index in [1.54, 1.807) is 19.2 Å². The molecule has 1 heterocycles. The van der Waals surface area contributed by atoms with Gasteiger partial charge in [-0.2, -0.15) is 0 Å². The summed E-state index contributed by atoms with van der Waals surface area (Å²) in [4.78, 5) is 14.5. The van der Waals surface area contributed by atoms with Crippen LogP contribution in [0.3, 0.4) is 0 Å². The number of anilines is 1. The van der Waals surface area contributed by atoms with E-state index in [0.29, 0.717) is 13.0 Å². The third kappa shape index (κ3) is 3.59. The van der Waals surface area contributed by atoms with Crippen LogP contribution >= 0.6 is 0 Å². The first-order valence-corrected chi connectivity index (χ1v) is 6.33. The van der Waals surface area contributed by atoms with Crippen LogP contribution in [0.4, 0.5) is 11.5 Å². The zero-order valence-corrected chi connectivity index (χ0v) is 11.4. The molecule has 0 aliphatic carbocycles. The van der Waals surface area contributed by atoms with Gasteiger partial charge in [0.1, 0.15) is 0 Å². The average Bonchev–Trinajstić information content (AvgIpc) is 2.44. The predicted octanol–water partition coefficient (Wildman–Crippen LogP) is 2.36. The Morgan fingerprint density at radius 3 is 2.71 bits per heavy atom. The molecule has 0 saturated heterocycles. The van der Waals surface area contributed by atoms with E-state index in [1.165, 1.54) is 18.2 Å². The Bertz CT molecular complexity index is 673. The summed E-state index contributed by atoms with van der Waals surface area (Å²) in [5.74, 6) is -0.150. The van der Waals surface area contributed by atoms with Crippen LogP contribution in [0.25, 0.3) is 0 Å². The van der Waals surface area contributed by atoms with E-state index in [9.17, 15) is 20.3 Å². The molecule has 0 amide bonds. The van der Waals surface area contributed by atoms with Crippen molar-refractivity contribution in [2.75, 3.05) is 11.9 Å². The number of pyridine rings is 1. The Kier molecular flexibility index (Phi) is 4.22. The second-order valence-corrected chi connectivity index (χ2v) is 4.64. The molecule has 0 saturated carbocycles. The fourth-order valence-electron chi connectivity index (χ4n) is 1.88. The van der Waals surface area contributed by atoms with Crippen molar-refractivity contribution in [2.24, 2.45) is 0 Å². The molecule has 0 aliphatic rings. The lowest BCUT2D eigenvalue weighted by molar-refractivity contribution is -0.384. The number of hydrogen-bond acceptors (Lipinski definition) is 6. The van der Waals surface area contributed by atoms with Crippen molar-refractivity contribution < 1.29 is 15.1 Å². The molecule has 0 aliphatic heterocycles. The quantitative estimate of drug-likeness (QED) is 0.443. The van der Waals surface area contributed by atoms with Crippen molar-refractivity contribution in [1.29, 1.82) is 0 Å². The summed E-state index contributed by atoms with van der Waals surface area (Å²) in [5, 5.41) is 32.5. The Labute approximate surface area is 121 Å². The number of benzene rings is 1. The lowest BCUT2D eigenvalue weighted by Crippen LogP contribution is -2.08. The van der Waals surface area contributed by atoms with Crippen LogP contribution in [0.5, 0.6) is 11.5 Å². The van der Waals surface area contributed by atoms with Gasteiger partial charge in [0.25, 0.3) is 0 Å². The minimum atomic E-state index is -0.477. The van der Waals surface area contributed by atoms with E-state index in [2.05, 4.69) is 10.3 Å². The molecule has 7 nitrogen and oxygen atoms in total. The van der Waals surface area contributed by atoms with Crippen molar-refractivity contribution in [3.05, 3.63) is 51.7 Å². The minimum Gasteiger partial charge on any atom is -0.504 e. The van der Waals surface area contributed by atoms with Crippen LogP contribution in [-0.4, -0.2) is 26.7 Å². The summed E-state index contributed by atoms with van der Waals surface area (Å²) >= 11 is 0. The van der Waals surface area contributed by atoms with Gasteiger partial charge in [-0.1, -0.05) is 6.07 Å². The molecular weight excluding hydrogens is 274 g/mol. The van der Waals surface area contributed by atoms with Crippen molar-refractivity contribution in [3.8, 4) is 11.5 Å². The van der Waals surface area contributed by atoms with Crippen molar-refractivity contribution in [3.63, 3.8) is 0 Å². The third-order valence-electron chi connectivity index (χ3n) is 2.95. The molecule has 0 bridgehead atoms. The van der Waals surface area contributed by atoms with E-state index in [-0.39, 0.29) is 23.0 Å². The standard InChI is InChI=1S/C14H15N3O4/c1-9-6-11(17(20)21)14(16-8-9)15-5-4-10-2-3-12(18)13(19)7-10/h2-3,6-8,18-19H,4-5H2,1H3,(H,15,16). The average molecular weight is 289 g/mol. The van der Waals surface area contributed by atoms with Crippen LogP contribution < -0.4 is 5.32 Å². The fourth-order valence-corrected chi connectivity index (χ4v) is 1.88. The number of hydrogen-bond donors (Lipinski definition) is 3.